The zero-order valence-corrected chi connectivity index (χ0v) is 12.5. The number of nitrogens with one attached hydrogen (secondary N) is 1. The SMILES string of the molecule is COc1cccc(S(=O)(=O)Oc2ccc(NC(N)=O)cc2)c1. The van der Waals surface area contributed by atoms with Gasteiger partial charge in [0.2, 0.25) is 0 Å². The molecule has 0 aliphatic rings. The molecule has 2 aromatic carbocycles. The number of anilines is 1. The van der Waals surface area contributed by atoms with Gasteiger partial charge in [-0.25, -0.2) is 4.79 Å². The second-order valence-corrected chi connectivity index (χ2v) is 5.78. The fourth-order valence-corrected chi connectivity index (χ4v) is 2.63. The van der Waals surface area contributed by atoms with Crippen LogP contribution in [0.4, 0.5) is 10.5 Å². The zero-order valence-electron chi connectivity index (χ0n) is 11.6. The van der Waals surface area contributed by atoms with Gasteiger partial charge in [-0.15, -0.1) is 0 Å². The van der Waals surface area contributed by atoms with Gasteiger partial charge in [-0.05, 0) is 36.4 Å². The molecule has 116 valence electrons. The minimum Gasteiger partial charge on any atom is -0.497 e. The first-order chi connectivity index (χ1) is 10.4. The fraction of sp³-hybridized carbons (Fsp3) is 0.0714. The normalized spacial score (nSPS) is 10.8. The van der Waals surface area contributed by atoms with E-state index in [4.69, 9.17) is 14.7 Å². The summed E-state index contributed by atoms with van der Waals surface area (Å²) < 4.78 is 34.3. The highest BCUT2D eigenvalue weighted by Gasteiger charge is 2.17. The minimum absolute atomic E-state index is 0.0220. The molecule has 0 saturated heterocycles. The predicted octanol–water partition coefficient (Wildman–Crippen LogP) is 1.95. The standard InChI is InChI=1S/C14H14N2O5S/c1-20-12-3-2-4-13(9-12)22(18,19)21-11-7-5-10(6-8-11)16-14(15)17/h2-9H,1H3,(H3,15,16,17). The van der Waals surface area contributed by atoms with E-state index in [1.807, 2.05) is 0 Å². The number of benzene rings is 2. The molecule has 3 N–H and O–H groups in total. The minimum atomic E-state index is -3.97. The lowest BCUT2D eigenvalue weighted by Crippen LogP contribution is -2.19. The van der Waals surface area contributed by atoms with Crippen LogP contribution in [0.2, 0.25) is 0 Å². The second-order valence-electron chi connectivity index (χ2n) is 4.23. The van der Waals surface area contributed by atoms with Gasteiger partial charge in [-0.1, -0.05) is 6.07 Å². The summed E-state index contributed by atoms with van der Waals surface area (Å²) in [6.07, 6.45) is 0. The number of rotatable bonds is 5. The molecule has 7 nitrogen and oxygen atoms in total. The van der Waals surface area contributed by atoms with E-state index < -0.39 is 16.1 Å². The van der Waals surface area contributed by atoms with Crippen molar-refractivity contribution >= 4 is 21.8 Å². The van der Waals surface area contributed by atoms with Crippen LogP contribution in [-0.4, -0.2) is 21.6 Å². The van der Waals surface area contributed by atoms with Crippen LogP contribution in [0.5, 0.6) is 11.5 Å². The van der Waals surface area contributed by atoms with Crippen molar-refractivity contribution in [2.75, 3.05) is 12.4 Å². The number of primary amides is 1. The molecule has 0 fully saturated rings. The van der Waals surface area contributed by atoms with Crippen molar-refractivity contribution in [3.05, 3.63) is 48.5 Å². The Labute approximate surface area is 127 Å². The third-order valence-corrected chi connectivity index (χ3v) is 3.90. The van der Waals surface area contributed by atoms with Gasteiger partial charge in [0.15, 0.2) is 0 Å². The number of hydrogen-bond donors (Lipinski definition) is 2. The van der Waals surface area contributed by atoms with E-state index in [-0.39, 0.29) is 10.6 Å². The summed E-state index contributed by atoms with van der Waals surface area (Å²) in [5.41, 5.74) is 5.41. The van der Waals surface area contributed by atoms with E-state index in [0.29, 0.717) is 11.4 Å². The zero-order chi connectivity index (χ0) is 16.2. The number of methoxy groups -OCH3 is 1. The molecule has 0 heterocycles. The molecular formula is C14H14N2O5S. The fourth-order valence-electron chi connectivity index (χ4n) is 1.67. The molecule has 0 radical (unpaired) electrons. The summed E-state index contributed by atoms with van der Waals surface area (Å²) in [5, 5.41) is 2.36. The monoisotopic (exact) mass is 322 g/mol. The van der Waals surface area contributed by atoms with Crippen LogP contribution in [0, 0.1) is 0 Å². The summed E-state index contributed by atoms with van der Waals surface area (Å²) >= 11 is 0. The van der Waals surface area contributed by atoms with Gasteiger partial charge in [0.05, 0.1) is 7.11 Å². The lowest BCUT2D eigenvalue weighted by molar-refractivity contribution is 0.259. The van der Waals surface area contributed by atoms with Gasteiger partial charge in [-0.3, -0.25) is 0 Å². The highest BCUT2D eigenvalue weighted by molar-refractivity contribution is 7.87. The van der Waals surface area contributed by atoms with Crippen molar-refractivity contribution < 1.29 is 22.1 Å². The lowest BCUT2D eigenvalue weighted by Gasteiger charge is -2.09. The summed E-state index contributed by atoms with van der Waals surface area (Å²) in [7, 11) is -2.53. The number of carbonyl (C=O) groups is 1. The van der Waals surface area contributed by atoms with Crippen LogP contribution < -0.4 is 20.0 Å². The Morgan fingerprint density at radius 3 is 2.36 bits per heavy atom. The third kappa shape index (κ3) is 3.89. The van der Waals surface area contributed by atoms with Crippen molar-refractivity contribution in [3.8, 4) is 11.5 Å². The molecule has 0 aliphatic heterocycles. The maximum atomic E-state index is 12.2. The highest BCUT2D eigenvalue weighted by Crippen LogP contribution is 2.23. The van der Waals surface area contributed by atoms with Crippen LogP contribution in [0.1, 0.15) is 0 Å². The van der Waals surface area contributed by atoms with E-state index >= 15 is 0 Å². The number of ether oxygens (including phenoxy) is 1. The first kappa shape index (κ1) is 15.6. The van der Waals surface area contributed by atoms with E-state index in [9.17, 15) is 13.2 Å². The second kappa shape index (κ2) is 6.35. The predicted molar refractivity (Wildman–Crippen MR) is 80.5 cm³/mol. The van der Waals surface area contributed by atoms with Crippen LogP contribution in [0.3, 0.4) is 0 Å². The van der Waals surface area contributed by atoms with Gasteiger partial charge in [0.25, 0.3) is 0 Å². The highest BCUT2D eigenvalue weighted by atomic mass is 32.2. The molecule has 0 unspecified atom stereocenters. The molecule has 2 amide bonds. The Kier molecular flexibility index (Phi) is 4.52. The molecule has 0 spiro atoms. The third-order valence-electron chi connectivity index (χ3n) is 2.66. The average Bonchev–Trinajstić information content (AvgIpc) is 2.48. The largest absolute Gasteiger partial charge is 0.497 e. The van der Waals surface area contributed by atoms with Crippen LogP contribution in [0.25, 0.3) is 0 Å². The molecule has 22 heavy (non-hydrogen) atoms. The molecule has 0 aliphatic carbocycles. The Bertz CT molecular complexity index is 772. The Morgan fingerprint density at radius 2 is 1.77 bits per heavy atom. The van der Waals surface area contributed by atoms with Gasteiger partial charge in [-0.2, -0.15) is 8.42 Å². The molecule has 0 saturated carbocycles. The van der Waals surface area contributed by atoms with Crippen molar-refractivity contribution in [1.29, 1.82) is 0 Å². The van der Waals surface area contributed by atoms with Gasteiger partial charge in [0, 0.05) is 11.8 Å². The summed E-state index contributed by atoms with van der Waals surface area (Å²) in [5.74, 6) is 0.517. The van der Waals surface area contributed by atoms with E-state index in [0.717, 1.165) is 0 Å². The molecule has 8 heteroatoms. The van der Waals surface area contributed by atoms with Crippen molar-refractivity contribution in [2.45, 2.75) is 4.90 Å². The van der Waals surface area contributed by atoms with Crippen molar-refractivity contribution in [2.24, 2.45) is 5.73 Å². The lowest BCUT2D eigenvalue weighted by atomic mass is 10.3. The van der Waals surface area contributed by atoms with Crippen LogP contribution in [-0.2, 0) is 10.1 Å². The summed E-state index contributed by atoms with van der Waals surface area (Å²) in [4.78, 5) is 10.7. The van der Waals surface area contributed by atoms with Crippen molar-refractivity contribution in [1.82, 2.24) is 0 Å². The smallest absolute Gasteiger partial charge is 0.339 e. The maximum absolute atomic E-state index is 12.2. The van der Waals surface area contributed by atoms with Gasteiger partial charge >= 0.3 is 16.1 Å². The van der Waals surface area contributed by atoms with E-state index in [2.05, 4.69) is 5.32 Å². The molecular weight excluding hydrogens is 308 g/mol. The van der Waals surface area contributed by atoms with Crippen molar-refractivity contribution in [3.63, 3.8) is 0 Å². The topological polar surface area (TPSA) is 108 Å². The number of urea groups is 1. The Balaban J connectivity index is 2.19. The molecule has 2 aromatic rings. The van der Waals surface area contributed by atoms with Gasteiger partial charge in [0.1, 0.15) is 16.4 Å². The quantitative estimate of drug-likeness (QED) is 0.818. The summed E-state index contributed by atoms with van der Waals surface area (Å²) in [6, 6.07) is 11.0. The van der Waals surface area contributed by atoms with E-state index in [1.165, 1.54) is 43.5 Å². The number of nitrogens with two attached hydrogens (primary N) is 1. The molecule has 2 rings (SSSR count). The maximum Gasteiger partial charge on any atom is 0.339 e. The number of carbonyl (C=O) groups excluding carboxylic acids is 1. The Morgan fingerprint density at radius 1 is 1.09 bits per heavy atom. The van der Waals surface area contributed by atoms with Crippen LogP contribution >= 0.6 is 0 Å². The number of hydrogen-bond acceptors (Lipinski definition) is 5. The first-order valence-corrected chi connectivity index (χ1v) is 7.56. The van der Waals surface area contributed by atoms with Gasteiger partial charge < -0.3 is 20.0 Å². The number of amides is 2. The first-order valence-electron chi connectivity index (χ1n) is 6.16. The average molecular weight is 322 g/mol. The van der Waals surface area contributed by atoms with Crippen LogP contribution in [0.15, 0.2) is 53.4 Å². The molecule has 0 bridgehead atoms. The molecule has 0 atom stereocenters. The molecule has 0 aromatic heterocycles. The van der Waals surface area contributed by atoms with E-state index in [1.54, 1.807) is 12.1 Å². The Hall–Kier alpha value is -2.74. The summed E-state index contributed by atoms with van der Waals surface area (Å²) in [6.45, 7) is 0.